The predicted octanol–water partition coefficient (Wildman–Crippen LogP) is 5.75. The predicted molar refractivity (Wildman–Crippen MR) is 117 cm³/mol. The summed E-state index contributed by atoms with van der Waals surface area (Å²) < 4.78 is 18.9. The standard InChI is InChI=1S/C26H25FN2O2/c1-16-21(14-28)24(25-22(29-16)12-26(2,3)13-23(25)30)18-6-10-20(11-7-18)31-15-17-4-8-19(27)9-5-17/h4-11,24-25H,12-13,15H2,1-3H3/t24-,25-/m0/s1. The lowest BCUT2D eigenvalue weighted by Gasteiger charge is -2.40. The molecule has 1 heterocycles. The molecule has 4 rings (SSSR count). The molecule has 2 aromatic rings. The number of hydrogen-bond donors (Lipinski definition) is 0. The Balaban J connectivity index is 1.58. The van der Waals surface area contributed by atoms with Crippen molar-refractivity contribution in [3.63, 3.8) is 0 Å². The van der Waals surface area contributed by atoms with Crippen LogP contribution in [0.5, 0.6) is 5.75 Å². The Morgan fingerprint density at radius 1 is 1.10 bits per heavy atom. The van der Waals surface area contributed by atoms with Gasteiger partial charge in [-0.3, -0.25) is 9.79 Å². The third kappa shape index (κ3) is 4.29. The summed E-state index contributed by atoms with van der Waals surface area (Å²) in [6, 6.07) is 16.0. The van der Waals surface area contributed by atoms with E-state index in [-0.39, 0.29) is 28.9 Å². The topological polar surface area (TPSA) is 62.4 Å². The molecule has 1 saturated carbocycles. The number of fused-ring (bicyclic) bond motifs is 1. The van der Waals surface area contributed by atoms with Gasteiger partial charge in [-0.25, -0.2) is 4.39 Å². The quantitative estimate of drug-likeness (QED) is 0.638. The van der Waals surface area contributed by atoms with Crippen LogP contribution < -0.4 is 4.74 Å². The van der Waals surface area contributed by atoms with Gasteiger partial charge in [-0.1, -0.05) is 38.1 Å². The minimum Gasteiger partial charge on any atom is -0.489 e. The van der Waals surface area contributed by atoms with E-state index < -0.39 is 0 Å². The van der Waals surface area contributed by atoms with E-state index in [1.807, 2.05) is 31.2 Å². The second-order valence-corrected chi connectivity index (χ2v) is 9.14. The Bertz CT molecular complexity index is 1110. The highest BCUT2D eigenvalue weighted by molar-refractivity contribution is 6.10. The van der Waals surface area contributed by atoms with Crippen molar-refractivity contribution in [2.75, 3.05) is 0 Å². The number of ether oxygens (including phenoxy) is 1. The molecule has 0 saturated heterocycles. The van der Waals surface area contributed by atoms with E-state index in [1.54, 1.807) is 12.1 Å². The highest BCUT2D eigenvalue weighted by Crippen LogP contribution is 2.46. The average Bonchev–Trinajstić information content (AvgIpc) is 2.72. The monoisotopic (exact) mass is 416 g/mol. The van der Waals surface area contributed by atoms with E-state index in [0.29, 0.717) is 30.0 Å². The van der Waals surface area contributed by atoms with E-state index in [9.17, 15) is 14.4 Å². The van der Waals surface area contributed by atoms with Crippen LogP contribution in [0.2, 0.25) is 0 Å². The molecule has 0 unspecified atom stereocenters. The summed E-state index contributed by atoms with van der Waals surface area (Å²) in [6.45, 7) is 6.36. The molecule has 0 N–H and O–H groups in total. The van der Waals surface area contributed by atoms with Crippen LogP contribution in [0.1, 0.15) is 50.7 Å². The molecule has 0 spiro atoms. The first kappa shape index (κ1) is 21.0. The van der Waals surface area contributed by atoms with Crippen LogP contribution >= 0.6 is 0 Å². The fourth-order valence-corrected chi connectivity index (χ4v) is 4.61. The number of carbonyl (C=O) groups is 1. The molecule has 1 fully saturated rings. The maximum absolute atomic E-state index is 13.1. The van der Waals surface area contributed by atoms with Crippen LogP contribution in [0, 0.1) is 28.5 Å². The molecular weight excluding hydrogens is 391 g/mol. The SMILES string of the molecule is CC1=C(C#N)[C@H](c2ccc(OCc3ccc(F)cc3)cc2)[C@@H]2C(=O)CC(C)(C)CC2=N1. The zero-order valence-corrected chi connectivity index (χ0v) is 18.0. The van der Waals surface area contributed by atoms with Gasteiger partial charge in [0.25, 0.3) is 0 Å². The van der Waals surface area contributed by atoms with Crippen LogP contribution in [0.15, 0.2) is 64.8 Å². The summed E-state index contributed by atoms with van der Waals surface area (Å²) >= 11 is 0. The Hall–Kier alpha value is -3.26. The molecule has 158 valence electrons. The van der Waals surface area contributed by atoms with E-state index in [1.165, 1.54) is 12.1 Å². The second kappa shape index (κ2) is 8.11. The number of benzene rings is 2. The maximum atomic E-state index is 13.1. The average molecular weight is 416 g/mol. The van der Waals surface area contributed by atoms with Crippen LogP contribution in [0.4, 0.5) is 4.39 Å². The number of nitrogens with zero attached hydrogens (tertiary/aromatic N) is 2. The number of Topliss-reactive ketones (excluding diaryl/α,β-unsaturated/α-hetero) is 1. The van der Waals surface area contributed by atoms with Gasteiger partial charge < -0.3 is 4.74 Å². The van der Waals surface area contributed by atoms with Gasteiger partial charge in [0.2, 0.25) is 0 Å². The first-order valence-electron chi connectivity index (χ1n) is 10.5. The number of allylic oxidation sites excluding steroid dienone is 2. The first-order chi connectivity index (χ1) is 14.8. The van der Waals surface area contributed by atoms with Crippen molar-refractivity contribution in [2.24, 2.45) is 16.3 Å². The van der Waals surface area contributed by atoms with Crippen LogP contribution in [-0.2, 0) is 11.4 Å². The Morgan fingerprint density at radius 2 is 1.77 bits per heavy atom. The molecule has 5 heteroatoms. The number of aliphatic imine (C=N–C) groups is 1. The molecule has 2 atom stereocenters. The summed E-state index contributed by atoms with van der Waals surface area (Å²) in [4.78, 5) is 17.7. The molecule has 2 aromatic carbocycles. The minimum absolute atomic E-state index is 0.112. The number of hydrogen-bond acceptors (Lipinski definition) is 4. The van der Waals surface area contributed by atoms with Gasteiger partial charge in [-0.2, -0.15) is 5.26 Å². The molecule has 31 heavy (non-hydrogen) atoms. The lowest BCUT2D eigenvalue weighted by Crippen LogP contribution is -2.42. The number of carbonyl (C=O) groups excluding carboxylic acids is 1. The lowest BCUT2D eigenvalue weighted by molar-refractivity contribution is -0.124. The fourth-order valence-electron chi connectivity index (χ4n) is 4.61. The first-order valence-corrected chi connectivity index (χ1v) is 10.5. The molecule has 4 nitrogen and oxygen atoms in total. The van der Waals surface area contributed by atoms with Crippen molar-refractivity contribution in [3.05, 3.63) is 76.7 Å². The van der Waals surface area contributed by atoms with Gasteiger partial charge in [-0.05, 0) is 54.2 Å². The summed E-state index contributed by atoms with van der Waals surface area (Å²) in [7, 11) is 0. The van der Waals surface area contributed by atoms with Gasteiger partial charge in [0.1, 0.15) is 24.0 Å². The van der Waals surface area contributed by atoms with Gasteiger partial charge in [-0.15, -0.1) is 0 Å². The van der Waals surface area contributed by atoms with E-state index in [0.717, 1.165) is 23.3 Å². The Labute approximate surface area is 182 Å². The van der Waals surface area contributed by atoms with Crippen LogP contribution in [0.3, 0.4) is 0 Å². The van der Waals surface area contributed by atoms with Crippen LogP contribution in [-0.4, -0.2) is 11.5 Å². The molecule has 2 aliphatic rings. The van der Waals surface area contributed by atoms with Gasteiger partial charge >= 0.3 is 0 Å². The number of rotatable bonds is 4. The number of nitriles is 1. The molecule has 0 radical (unpaired) electrons. The van der Waals surface area contributed by atoms with Crippen molar-refractivity contribution in [1.82, 2.24) is 0 Å². The molecule has 1 aliphatic heterocycles. The van der Waals surface area contributed by atoms with Crippen molar-refractivity contribution >= 4 is 11.5 Å². The summed E-state index contributed by atoms with van der Waals surface area (Å²) in [5.41, 5.74) is 3.82. The molecule has 0 amide bonds. The maximum Gasteiger partial charge on any atom is 0.143 e. The molecule has 0 aromatic heterocycles. The largest absolute Gasteiger partial charge is 0.489 e. The highest BCUT2D eigenvalue weighted by Gasteiger charge is 2.46. The molecular formula is C26H25FN2O2. The van der Waals surface area contributed by atoms with Crippen molar-refractivity contribution in [2.45, 2.75) is 46.1 Å². The van der Waals surface area contributed by atoms with Gasteiger partial charge in [0.15, 0.2) is 0 Å². The van der Waals surface area contributed by atoms with Crippen molar-refractivity contribution < 1.29 is 13.9 Å². The summed E-state index contributed by atoms with van der Waals surface area (Å²) in [5, 5.41) is 9.82. The zero-order valence-electron chi connectivity index (χ0n) is 18.0. The summed E-state index contributed by atoms with van der Waals surface area (Å²) in [6.07, 6.45) is 1.25. The fraction of sp³-hybridized carbons (Fsp3) is 0.346. The normalized spacial score (nSPS) is 22.4. The number of halogens is 1. The number of ketones is 1. The Kier molecular flexibility index (Phi) is 5.49. The lowest BCUT2D eigenvalue weighted by atomic mass is 9.63. The van der Waals surface area contributed by atoms with Crippen LogP contribution in [0.25, 0.3) is 0 Å². The van der Waals surface area contributed by atoms with E-state index in [4.69, 9.17) is 4.74 Å². The van der Waals surface area contributed by atoms with E-state index in [2.05, 4.69) is 24.9 Å². The molecule has 0 bridgehead atoms. The third-order valence-corrected chi connectivity index (χ3v) is 6.04. The van der Waals surface area contributed by atoms with Crippen molar-refractivity contribution in [1.29, 1.82) is 5.26 Å². The summed E-state index contributed by atoms with van der Waals surface area (Å²) in [5.74, 6) is -0.143. The molecule has 1 aliphatic carbocycles. The minimum atomic E-state index is -0.377. The highest BCUT2D eigenvalue weighted by atomic mass is 19.1. The Morgan fingerprint density at radius 3 is 2.42 bits per heavy atom. The third-order valence-electron chi connectivity index (χ3n) is 6.04. The van der Waals surface area contributed by atoms with Gasteiger partial charge in [0.05, 0.1) is 23.3 Å². The van der Waals surface area contributed by atoms with E-state index >= 15 is 0 Å². The smallest absolute Gasteiger partial charge is 0.143 e. The second-order valence-electron chi connectivity index (χ2n) is 9.14. The zero-order chi connectivity index (χ0) is 22.2. The van der Waals surface area contributed by atoms with Gasteiger partial charge in [0, 0.05) is 18.1 Å². The van der Waals surface area contributed by atoms with Crippen molar-refractivity contribution in [3.8, 4) is 11.8 Å².